The SMILES string of the molecule is CCCNC1CCN(CCC(N)=O)CC1CC. The average molecular weight is 241 g/mol. The zero-order chi connectivity index (χ0) is 12.7. The third kappa shape index (κ3) is 5.04. The van der Waals surface area contributed by atoms with Gasteiger partial charge in [-0.2, -0.15) is 0 Å². The predicted molar refractivity (Wildman–Crippen MR) is 70.7 cm³/mol. The van der Waals surface area contributed by atoms with Gasteiger partial charge in [0.25, 0.3) is 0 Å². The Morgan fingerprint density at radius 3 is 2.82 bits per heavy atom. The third-order valence-corrected chi connectivity index (χ3v) is 3.67. The highest BCUT2D eigenvalue weighted by molar-refractivity contribution is 5.73. The zero-order valence-corrected chi connectivity index (χ0v) is 11.2. The van der Waals surface area contributed by atoms with Gasteiger partial charge in [0.15, 0.2) is 0 Å². The van der Waals surface area contributed by atoms with Gasteiger partial charge in [-0.15, -0.1) is 0 Å². The van der Waals surface area contributed by atoms with E-state index in [9.17, 15) is 4.79 Å². The molecule has 1 amide bonds. The van der Waals surface area contributed by atoms with Crippen LogP contribution < -0.4 is 11.1 Å². The highest BCUT2D eigenvalue weighted by Crippen LogP contribution is 2.20. The minimum atomic E-state index is -0.190. The standard InChI is InChI=1S/C13H27N3O/c1-3-7-15-12-5-8-16(9-6-13(14)17)10-11(12)4-2/h11-12,15H,3-10H2,1-2H3,(H2,14,17). The fraction of sp³-hybridized carbons (Fsp3) is 0.923. The highest BCUT2D eigenvalue weighted by Gasteiger charge is 2.27. The Labute approximate surface area is 105 Å². The molecule has 4 nitrogen and oxygen atoms in total. The van der Waals surface area contributed by atoms with Crippen molar-refractivity contribution < 1.29 is 4.79 Å². The summed E-state index contributed by atoms with van der Waals surface area (Å²) in [5.74, 6) is 0.521. The second kappa shape index (κ2) is 7.67. The number of amides is 1. The van der Waals surface area contributed by atoms with Crippen molar-refractivity contribution in [1.29, 1.82) is 0 Å². The van der Waals surface area contributed by atoms with E-state index in [1.165, 1.54) is 19.3 Å². The van der Waals surface area contributed by atoms with Crippen molar-refractivity contribution in [1.82, 2.24) is 10.2 Å². The Kier molecular flexibility index (Phi) is 6.52. The van der Waals surface area contributed by atoms with Crippen LogP contribution in [-0.4, -0.2) is 43.0 Å². The molecular formula is C13H27N3O. The first-order valence-electron chi connectivity index (χ1n) is 6.91. The smallest absolute Gasteiger partial charge is 0.218 e. The summed E-state index contributed by atoms with van der Waals surface area (Å²) in [6.45, 7) is 8.59. The molecule has 17 heavy (non-hydrogen) atoms. The Balaban J connectivity index is 2.34. The molecule has 100 valence electrons. The molecule has 0 spiro atoms. The molecule has 1 aliphatic heterocycles. The van der Waals surface area contributed by atoms with Crippen molar-refractivity contribution in [3.63, 3.8) is 0 Å². The van der Waals surface area contributed by atoms with Crippen LogP contribution in [0.4, 0.5) is 0 Å². The number of nitrogens with one attached hydrogen (secondary N) is 1. The van der Waals surface area contributed by atoms with Crippen LogP contribution >= 0.6 is 0 Å². The molecule has 1 saturated heterocycles. The minimum Gasteiger partial charge on any atom is -0.370 e. The van der Waals surface area contributed by atoms with E-state index in [0.717, 1.165) is 26.2 Å². The summed E-state index contributed by atoms with van der Waals surface area (Å²) in [6.07, 6.45) is 4.08. The number of nitrogens with two attached hydrogens (primary N) is 1. The van der Waals surface area contributed by atoms with E-state index in [1.807, 2.05) is 0 Å². The Hall–Kier alpha value is -0.610. The van der Waals surface area contributed by atoms with Crippen LogP contribution in [0.2, 0.25) is 0 Å². The van der Waals surface area contributed by atoms with E-state index in [-0.39, 0.29) is 5.91 Å². The molecule has 0 aliphatic carbocycles. The fourth-order valence-corrected chi connectivity index (χ4v) is 2.59. The number of nitrogens with zero attached hydrogens (tertiary/aromatic N) is 1. The molecule has 3 N–H and O–H groups in total. The maximum Gasteiger partial charge on any atom is 0.218 e. The molecule has 0 bridgehead atoms. The summed E-state index contributed by atoms with van der Waals surface area (Å²) in [6, 6.07) is 0.657. The van der Waals surface area contributed by atoms with Gasteiger partial charge in [-0.05, 0) is 31.8 Å². The van der Waals surface area contributed by atoms with Crippen LogP contribution in [0.3, 0.4) is 0 Å². The van der Waals surface area contributed by atoms with E-state index in [0.29, 0.717) is 18.4 Å². The molecule has 0 saturated carbocycles. The first-order chi connectivity index (χ1) is 8.17. The van der Waals surface area contributed by atoms with Crippen molar-refractivity contribution >= 4 is 5.91 Å². The monoisotopic (exact) mass is 241 g/mol. The van der Waals surface area contributed by atoms with Crippen LogP contribution in [-0.2, 0) is 4.79 Å². The number of carbonyl (C=O) groups excluding carboxylic acids is 1. The Bertz CT molecular complexity index is 233. The Morgan fingerprint density at radius 1 is 1.47 bits per heavy atom. The molecule has 0 aromatic heterocycles. The first-order valence-corrected chi connectivity index (χ1v) is 6.91. The van der Waals surface area contributed by atoms with Gasteiger partial charge in [0.2, 0.25) is 5.91 Å². The van der Waals surface area contributed by atoms with Crippen molar-refractivity contribution in [2.45, 2.75) is 45.6 Å². The summed E-state index contributed by atoms with van der Waals surface area (Å²) in [5, 5.41) is 3.64. The molecule has 0 aromatic carbocycles. The van der Waals surface area contributed by atoms with Gasteiger partial charge in [0, 0.05) is 25.6 Å². The highest BCUT2D eigenvalue weighted by atomic mass is 16.1. The number of hydrogen-bond acceptors (Lipinski definition) is 3. The van der Waals surface area contributed by atoms with Gasteiger partial charge in [-0.25, -0.2) is 0 Å². The summed E-state index contributed by atoms with van der Waals surface area (Å²) < 4.78 is 0. The van der Waals surface area contributed by atoms with Gasteiger partial charge >= 0.3 is 0 Å². The van der Waals surface area contributed by atoms with Crippen LogP contribution in [0.25, 0.3) is 0 Å². The number of rotatable bonds is 7. The summed E-state index contributed by atoms with van der Waals surface area (Å²) in [5.41, 5.74) is 5.19. The topological polar surface area (TPSA) is 58.4 Å². The molecule has 1 rings (SSSR count). The van der Waals surface area contributed by atoms with Gasteiger partial charge in [0.1, 0.15) is 0 Å². The van der Waals surface area contributed by atoms with E-state index >= 15 is 0 Å². The Morgan fingerprint density at radius 2 is 2.24 bits per heavy atom. The lowest BCUT2D eigenvalue weighted by molar-refractivity contribution is -0.118. The van der Waals surface area contributed by atoms with Crippen LogP contribution in [0.5, 0.6) is 0 Å². The van der Waals surface area contributed by atoms with E-state index in [1.54, 1.807) is 0 Å². The molecule has 2 atom stereocenters. The first kappa shape index (κ1) is 14.5. The summed E-state index contributed by atoms with van der Waals surface area (Å²) in [7, 11) is 0. The molecule has 1 aliphatic rings. The van der Waals surface area contributed by atoms with Crippen molar-refractivity contribution in [3.8, 4) is 0 Å². The molecule has 2 unspecified atom stereocenters. The van der Waals surface area contributed by atoms with Crippen molar-refractivity contribution in [2.75, 3.05) is 26.2 Å². The normalized spacial score (nSPS) is 26.0. The zero-order valence-electron chi connectivity index (χ0n) is 11.2. The number of hydrogen-bond donors (Lipinski definition) is 2. The second-order valence-corrected chi connectivity index (χ2v) is 5.03. The minimum absolute atomic E-state index is 0.190. The molecule has 0 aromatic rings. The van der Waals surface area contributed by atoms with Gasteiger partial charge in [-0.3, -0.25) is 4.79 Å². The molecule has 1 heterocycles. The number of carbonyl (C=O) groups is 1. The quantitative estimate of drug-likeness (QED) is 0.698. The number of piperidine rings is 1. The number of likely N-dealkylation sites (tertiary alicyclic amines) is 1. The maximum absolute atomic E-state index is 10.8. The van der Waals surface area contributed by atoms with Crippen LogP contribution in [0.1, 0.15) is 39.5 Å². The lowest BCUT2D eigenvalue weighted by Crippen LogP contribution is -2.49. The lowest BCUT2D eigenvalue weighted by Gasteiger charge is -2.38. The van der Waals surface area contributed by atoms with Crippen molar-refractivity contribution in [3.05, 3.63) is 0 Å². The van der Waals surface area contributed by atoms with Crippen LogP contribution in [0.15, 0.2) is 0 Å². The third-order valence-electron chi connectivity index (χ3n) is 3.67. The maximum atomic E-state index is 10.8. The van der Waals surface area contributed by atoms with Gasteiger partial charge < -0.3 is 16.0 Å². The lowest BCUT2D eigenvalue weighted by atomic mass is 9.89. The average Bonchev–Trinajstić information content (AvgIpc) is 2.34. The van der Waals surface area contributed by atoms with Crippen LogP contribution in [0, 0.1) is 5.92 Å². The van der Waals surface area contributed by atoms with Gasteiger partial charge in [-0.1, -0.05) is 20.3 Å². The number of primary amides is 1. The molecular weight excluding hydrogens is 214 g/mol. The van der Waals surface area contributed by atoms with E-state index in [4.69, 9.17) is 5.73 Å². The molecule has 4 heteroatoms. The predicted octanol–water partition coefficient (Wildman–Crippen LogP) is 0.962. The van der Waals surface area contributed by atoms with E-state index < -0.39 is 0 Å². The second-order valence-electron chi connectivity index (χ2n) is 5.03. The largest absolute Gasteiger partial charge is 0.370 e. The summed E-state index contributed by atoms with van der Waals surface area (Å²) in [4.78, 5) is 13.2. The van der Waals surface area contributed by atoms with E-state index in [2.05, 4.69) is 24.1 Å². The summed E-state index contributed by atoms with van der Waals surface area (Å²) >= 11 is 0. The van der Waals surface area contributed by atoms with Gasteiger partial charge in [0.05, 0.1) is 0 Å². The molecule has 0 radical (unpaired) electrons. The molecule has 1 fully saturated rings. The van der Waals surface area contributed by atoms with Crippen molar-refractivity contribution in [2.24, 2.45) is 11.7 Å². The fourth-order valence-electron chi connectivity index (χ4n) is 2.59.